The van der Waals surface area contributed by atoms with Crippen molar-refractivity contribution in [1.82, 2.24) is 15.1 Å². The quantitative estimate of drug-likeness (QED) is 0.656. The highest BCUT2D eigenvalue weighted by Gasteiger charge is 2.18. The Morgan fingerprint density at radius 3 is 2.66 bits per heavy atom. The topological polar surface area (TPSA) is 77.4 Å². The van der Waals surface area contributed by atoms with Crippen molar-refractivity contribution in [3.8, 4) is 11.5 Å². The van der Waals surface area contributed by atoms with Crippen LogP contribution in [0.1, 0.15) is 22.5 Å². The molecule has 7 nitrogen and oxygen atoms in total. The minimum absolute atomic E-state index is 0.146. The predicted molar refractivity (Wildman–Crippen MR) is 111 cm³/mol. The van der Waals surface area contributed by atoms with Crippen LogP contribution in [0.3, 0.4) is 0 Å². The van der Waals surface area contributed by atoms with Crippen molar-refractivity contribution in [3.05, 3.63) is 70.0 Å². The van der Waals surface area contributed by atoms with Crippen LogP contribution in [0.4, 0.5) is 10.5 Å². The van der Waals surface area contributed by atoms with Gasteiger partial charge in [0, 0.05) is 29.9 Å². The zero-order valence-electron chi connectivity index (χ0n) is 16.2. The third-order valence-electron chi connectivity index (χ3n) is 4.84. The van der Waals surface area contributed by atoms with Crippen LogP contribution in [0.5, 0.6) is 11.5 Å². The number of hydrogen-bond acceptors (Lipinski definition) is 4. The van der Waals surface area contributed by atoms with Crippen LogP contribution in [0.15, 0.2) is 42.5 Å². The second-order valence-corrected chi connectivity index (χ2v) is 7.19. The summed E-state index contributed by atoms with van der Waals surface area (Å²) in [7, 11) is 0. The van der Waals surface area contributed by atoms with Crippen molar-refractivity contribution in [2.45, 2.75) is 26.9 Å². The van der Waals surface area contributed by atoms with E-state index < -0.39 is 0 Å². The van der Waals surface area contributed by atoms with E-state index in [0.29, 0.717) is 35.3 Å². The standard InChI is InChI=1S/C21H21ClN4O3/c1-13-16(14(2)26(25-13)11-15-6-4-3-5-7-15)10-23-21(27)24-18-9-20-19(8-17(18)22)28-12-29-20/h3-9H,10-12H2,1-2H3,(H2,23,24,27). The number of benzene rings is 2. The Hall–Kier alpha value is -3.19. The third kappa shape index (κ3) is 4.14. The maximum Gasteiger partial charge on any atom is 0.319 e. The summed E-state index contributed by atoms with van der Waals surface area (Å²) in [5.74, 6) is 1.12. The summed E-state index contributed by atoms with van der Waals surface area (Å²) in [6.45, 7) is 5.14. The van der Waals surface area contributed by atoms with Crippen molar-refractivity contribution in [1.29, 1.82) is 0 Å². The van der Waals surface area contributed by atoms with Crippen molar-refractivity contribution in [2.24, 2.45) is 0 Å². The molecule has 0 bridgehead atoms. The largest absolute Gasteiger partial charge is 0.454 e. The van der Waals surface area contributed by atoms with Gasteiger partial charge in [-0.15, -0.1) is 0 Å². The highest BCUT2D eigenvalue weighted by Crippen LogP contribution is 2.39. The molecular formula is C21H21ClN4O3. The summed E-state index contributed by atoms with van der Waals surface area (Å²) in [5, 5.41) is 10.6. The van der Waals surface area contributed by atoms with Crippen molar-refractivity contribution in [3.63, 3.8) is 0 Å². The lowest BCUT2D eigenvalue weighted by molar-refractivity contribution is 0.174. The summed E-state index contributed by atoms with van der Waals surface area (Å²) in [4.78, 5) is 12.4. The normalized spacial score (nSPS) is 12.1. The Labute approximate surface area is 173 Å². The summed E-state index contributed by atoms with van der Waals surface area (Å²) in [5.41, 5.74) is 4.54. The average molecular weight is 413 g/mol. The van der Waals surface area contributed by atoms with Crippen LogP contribution >= 0.6 is 11.6 Å². The summed E-state index contributed by atoms with van der Waals surface area (Å²) >= 11 is 6.21. The zero-order chi connectivity index (χ0) is 20.4. The van der Waals surface area contributed by atoms with E-state index in [1.54, 1.807) is 12.1 Å². The lowest BCUT2D eigenvalue weighted by Gasteiger charge is -2.10. The number of anilines is 1. The van der Waals surface area contributed by atoms with E-state index in [1.807, 2.05) is 36.7 Å². The molecule has 1 aliphatic rings. The zero-order valence-corrected chi connectivity index (χ0v) is 16.9. The molecule has 0 spiro atoms. The minimum Gasteiger partial charge on any atom is -0.454 e. The Morgan fingerprint density at radius 1 is 1.17 bits per heavy atom. The van der Waals surface area contributed by atoms with Crippen molar-refractivity contribution in [2.75, 3.05) is 12.1 Å². The first-order valence-electron chi connectivity index (χ1n) is 9.22. The maximum absolute atomic E-state index is 12.4. The fraction of sp³-hybridized carbons (Fsp3) is 0.238. The van der Waals surface area contributed by atoms with Crippen LogP contribution in [-0.2, 0) is 13.1 Å². The number of aryl methyl sites for hydroxylation is 1. The summed E-state index contributed by atoms with van der Waals surface area (Å²) in [6, 6.07) is 13.1. The molecule has 3 aromatic rings. The smallest absolute Gasteiger partial charge is 0.319 e. The molecule has 0 atom stereocenters. The molecule has 2 aromatic carbocycles. The van der Waals surface area contributed by atoms with Gasteiger partial charge in [0.25, 0.3) is 0 Å². The number of ether oxygens (including phenoxy) is 2. The van der Waals surface area contributed by atoms with Gasteiger partial charge in [0.15, 0.2) is 11.5 Å². The van der Waals surface area contributed by atoms with Gasteiger partial charge in [0.05, 0.1) is 22.9 Å². The number of carbonyl (C=O) groups is 1. The van der Waals surface area contributed by atoms with Crippen molar-refractivity contribution < 1.29 is 14.3 Å². The first kappa shape index (κ1) is 19.1. The fourth-order valence-electron chi connectivity index (χ4n) is 3.25. The molecule has 2 N–H and O–H groups in total. The Morgan fingerprint density at radius 2 is 1.90 bits per heavy atom. The molecule has 1 aliphatic heterocycles. The first-order chi connectivity index (χ1) is 14.0. The molecule has 1 aromatic heterocycles. The van der Waals surface area contributed by atoms with Gasteiger partial charge in [-0.2, -0.15) is 5.10 Å². The molecule has 29 heavy (non-hydrogen) atoms. The average Bonchev–Trinajstić information content (AvgIpc) is 3.25. The van der Waals surface area contributed by atoms with Gasteiger partial charge in [-0.05, 0) is 19.4 Å². The van der Waals surface area contributed by atoms with E-state index in [-0.39, 0.29) is 12.8 Å². The molecule has 8 heteroatoms. The molecule has 0 saturated carbocycles. The molecular weight excluding hydrogens is 392 g/mol. The molecule has 0 unspecified atom stereocenters. The van der Waals surface area contributed by atoms with E-state index in [2.05, 4.69) is 27.9 Å². The minimum atomic E-state index is -0.361. The molecule has 0 radical (unpaired) electrons. The van der Waals surface area contributed by atoms with Crippen LogP contribution in [0, 0.1) is 13.8 Å². The second-order valence-electron chi connectivity index (χ2n) is 6.79. The van der Waals surface area contributed by atoms with Gasteiger partial charge >= 0.3 is 6.03 Å². The Bertz CT molecular complexity index is 1050. The van der Waals surface area contributed by atoms with Crippen LogP contribution < -0.4 is 20.1 Å². The number of fused-ring (bicyclic) bond motifs is 1. The number of halogens is 1. The number of hydrogen-bond donors (Lipinski definition) is 2. The maximum atomic E-state index is 12.4. The van der Waals surface area contributed by atoms with Gasteiger partial charge in [-0.25, -0.2) is 4.79 Å². The van der Waals surface area contributed by atoms with Crippen LogP contribution in [-0.4, -0.2) is 22.6 Å². The van der Waals surface area contributed by atoms with E-state index in [1.165, 1.54) is 5.56 Å². The monoisotopic (exact) mass is 412 g/mol. The number of urea groups is 1. The van der Waals surface area contributed by atoms with Crippen LogP contribution in [0.2, 0.25) is 5.02 Å². The molecule has 0 fully saturated rings. The lowest BCUT2D eigenvalue weighted by atomic mass is 10.2. The second kappa shape index (κ2) is 8.05. The SMILES string of the molecule is Cc1nn(Cc2ccccc2)c(C)c1CNC(=O)Nc1cc2c(cc1Cl)OCO2. The van der Waals surface area contributed by atoms with Gasteiger partial charge < -0.3 is 20.1 Å². The number of nitrogens with one attached hydrogen (secondary N) is 2. The molecule has 2 amide bonds. The molecule has 150 valence electrons. The van der Waals surface area contributed by atoms with E-state index in [0.717, 1.165) is 17.0 Å². The number of carbonyl (C=O) groups excluding carboxylic acids is 1. The third-order valence-corrected chi connectivity index (χ3v) is 5.16. The van der Waals surface area contributed by atoms with Crippen LogP contribution in [0.25, 0.3) is 0 Å². The number of aromatic nitrogens is 2. The van der Waals surface area contributed by atoms with E-state index in [4.69, 9.17) is 21.1 Å². The Balaban J connectivity index is 1.41. The molecule has 2 heterocycles. The lowest BCUT2D eigenvalue weighted by Crippen LogP contribution is -2.28. The summed E-state index contributed by atoms with van der Waals surface area (Å²) in [6.07, 6.45) is 0. The first-order valence-corrected chi connectivity index (χ1v) is 9.60. The number of amides is 2. The fourth-order valence-corrected chi connectivity index (χ4v) is 3.45. The molecule has 4 rings (SSSR count). The Kier molecular flexibility index (Phi) is 5.31. The van der Waals surface area contributed by atoms with E-state index >= 15 is 0 Å². The number of nitrogens with zero attached hydrogens (tertiary/aromatic N) is 2. The highest BCUT2D eigenvalue weighted by atomic mass is 35.5. The molecule has 0 aliphatic carbocycles. The van der Waals surface area contributed by atoms with Gasteiger partial charge in [0.1, 0.15) is 0 Å². The van der Waals surface area contributed by atoms with Gasteiger partial charge in [-0.3, -0.25) is 4.68 Å². The predicted octanol–water partition coefficient (Wildman–Crippen LogP) is 4.25. The van der Waals surface area contributed by atoms with Gasteiger partial charge in [-0.1, -0.05) is 41.9 Å². The van der Waals surface area contributed by atoms with Crippen molar-refractivity contribution >= 4 is 23.3 Å². The number of rotatable bonds is 5. The van der Waals surface area contributed by atoms with E-state index in [9.17, 15) is 4.79 Å². The highest BCUT2D eigenvalue weighted by molar-refractivity contribution is 6.34. The van der Waals surface area contributed by atoms with Gasteiger partial charge in [0.2, 0.25) is 6.79 Å². The summed E-state index contributed by atoms with van der Waals surface area (Å²) < 4.78 is 12.5. The molecule has 0 saturated heterocycles.